The van der Waals surface area contributed by atoms with Gasteiger partial charge >= 0.3 is 0 Å². The van der Waals surface area contributed by atoms with Gasteiger partial charge in [0.2, 0.25) is 0 Å². The summed E-state index contributed by atoms with van der Waals surface area (Å²) in [5.41, 5.74) is 6.16. The van der Waals surface area contributed by atoms with Crippen molar-refractivity contribution in [3.8, 4) is 11.4 Å². The summed E-state index contributed by atoms with van der Waals surface area (Å²) in [4.78, 5) is 4.41. The predicted molar refractivity (Wildman–Crippen MR) is 113 cm³/mol. The Hall–Kier alpha value is -1.79. The number of aryl methyl sites for hydroxylation is 2. The summed E-state index contributed by atoms with van der Waals surface area (Å²) in [6.45, 7) is 6.27. The van der Waals surface area contributed by atoms with Crippen LogP contribution in [0.4, 0.5) is 5.69 Å². The summed E-state index contributed by atoms with van der Waals surface area (Å²) < 4.78 is 3.47. The Morgan fingerprint density at radius 1 is 1.08 bits per heavy atom. The molecule has 0 saturated carbocycles. The average Bonchev–Trinajstić information content (AvgIpc) is 2.83. The molecule has 0 spiro atoms. The fourth-order valence-electron chi connectivity index (χ4n) is 2.83. The molecule has 0 unspecified atom stereocenters. The lowest BCUT2D eigenvalue weighted by Crippen LogP contribution is -2.00. The van der Waals surface area contributed by atoms with E-state index in [1.54, 1.807) is 18.3 Å². The molecule has 0 amide bonds. The van der Waals surface area contributed by atoms with Gasteiger partial charge in [0, 0.05) is 43.5 Å². The Morgan fingerprint density at radius 3 is 2.52 bits per heavy atom. The largest absolute Gasteiger partial charge is 0.506 e. The molecule has 0 saturated heterocycles. The number of hydrogen-bond acceptors (Lipinski definition) is 2. The third kappa shape index (κ3) is 3.75. The molecule has 0 aliphatic rings. The summed E-state index contributed by atoms with van der Waals surface area (Å²) in [5.74, 6) is 0.0748. The van der Waals surface area contributed by atoms with E-state index in [1.807, 2.05) is 0 Å². The minimum absolute atomic E-state index is 0.0748. The van der Waals surface area contributed by atoms with Crippen molar-refractivity contribution in [1.82, 2.24) is 4.57 Å². The van der Waals surface area contributed by atoms with Gasteiger partial charge in [-0.05, 0) is 85.3 Å². The smallest absolute Gasteiger partial charge is 0.142 e. The molecule has 1 aromatic heterocycles. The molecule has 2 aromatic carbocycles. The van der Waals surface area contributed by atoms with E-state index in [2.05, 4.69) is 77.2 Å². The summed E-state index contributed by atoms with van der Waals surface area (Å²) in [5, 5.41) is 10.4. The third-order valence-corrected chi connectivity index (χ3v) is 5.60. The minimum atomic E-state index is 0.0748. The fourth-order valence-corrected chi connectivity index (χ4v) is 3.33. The third-order valence-electron chi connectivity index (χ3n) is 4.15. The van der Waals surface area contributed by atoms with Gasteiger partial charge in [-0.25, -0.2) is 0 Å². The number of aromatic nitrogens is 1. The molecule has 5 heteroatoms. The molecular formula is C20H18ClIN2O. The normalized spacial score (nSPS) is 11.4. The van der Waals surface area contributed by atoms with Crippen molar-refractivity contribution in [2.24, 2.45) is 4.99 Å². The number of phenolic OH excluding ortho intramolecular Hbond substituents is 1. The van der Waals surface area contributed by atoms with Crippen molar-refractivity contribution < 1.29 is 5.11 Å². The first-order chi connectivity index (χ1) is 11.9. The number of nitrogens with zero attached hydrogens (tertiary/aromatic N) is 2. The molecule has 128 valence electrons. The number of rotatable bonds is 3. The predicted octanol–water partition coefficient (Wildman–Crippen LogP) is 6.12. The molecule has 0 fully saturated rings. The molecule has 25 heavy (non-hydrogen) atoms. The van der Waals surface area contributed by atoms with Gasteiger partial charge < -0.3 is 9.67 Å². The molecule has 0 radical (unpaired) electrons. The number of halogens is 2. The first-order valence-corrected chi connectivity index (χ1v) is 9.30. The minimum Gasteiger partial charge on any atom is -0.506 e. The van der Waals surface area contributed by atoms with E-state index in [-0.39, 0.29) is 5.75 Å². The molecule has 3 nitrogen and oxygen atoms in total. The van der Waals surface area contributed by atoms with Crippen molar-refractivity contribution in [3.05, 3.63) is 73.6 Å². The highest BCUT2D eigenvalue weighted by Crippen LogP contribution is 2.29. The van der Waals surface area contributed by atoms with Crippen LogP contribution >= 0.6 is 34.2 Å². The van der Waals surface area contributed by atoms with Crippen LogP contribution in [0.5, 0.6) is 5.75 Å². The number of phenols is 1. The highest BCUT2D eigenvalue weighted by Gasteiger charge is 2.10. The second-order valence-electron chi connectivity index (χ2n) is 5.99. The Morgan fingerprint density at radius 2 is 1.84 bits per heavy atom. The van der Waals surface area contributed by atoms with Gasteiger partial charge in [0.05, 0.1) is 0 Å². The van der Waals surface area contributed by atoms with Crippen molar-refractivity contribution in [2.75, 3.05) is 0 Å². The maximum atomic E-state index is 9.93. The van der Waals surface area contributed by atoms with E-state index < -0.39 is 0 Å². The molecular weight excluding hydrogens is 447 g/mol. The highest BCUT2D eigenvalue weighted by atomic mass is 127. The molecule has 1 heterocycles. The van der Waals surface area contributed by atoms with Crippen molar-refractivity contribution in [2.45, 2.75) is 20.8 Å². The average molecular weight is 465 g/mol. The lowest BCUT2D eigenvalue weighted by atomic mass is 10.2. The fraction of sp³-hybridized carbons (Fsp3) is 0.150. The second-order valence-corrected chi connectivity index (χ2v) is 7.59. The number of hydrogen-bond donors (Lipinski definition) is 1. The van der Waals surface area contributed by atoms with Crippen molar-refractivity contribution in [1.29, 1.82) is 0 Å². The maximum absolute atomic E-state index is 9.93. The SMILES string of the molecule is Cc1cc(-n2c(C)cc(C=Nc3ccc(Cl)cc3O)c2C)ccc1I. The van der Waals surface area contributed by atoms with E-state index >= 15 is 0 Å². The summed E-state index contributed by atoms with van der Waals surface area (Å²) in [6, 6.07) is 13.4. The molecule has 0 atom stereocenters. The number of aromatic hydroxyl groups is 1. The van der Waals surface area contributed by atoms with Crippen LogP contribution in [0.15, 0.2) is 47.5 Å². The van der Waals surface area contributed by atoms with E-state index in [1.165, 1.54) is 15.2 Å². The summed E-state index contributed by atoms with van der Waals surface area (Å²) in [6.07, 6.45) is 1.78. The van der Waals surface area contributed by atoms with E-state index in [9.17, 15) is 5.11 Å². The quantitative estimate of drug-likeness (QED) is 0.368. The van der Waals surface area contributed by atoms with Crippen LogP contribution in [0, 0.1) is 24.3 Å². The van der Waals surface area contributed by atoms with E-state index in [0.717, 1.165) is 22.6 Å². The summed E-state index contributed by atoms with van der Waals surface area (Å²) >= 11 is 8.20. The first kappa shape index (κ1) is 18.0. The molecule has 3 aromatic rings. The molecule has 0 aliphatic carbocycles. The van der Waals surface area contributed by atoms with Crippen LogP contribution in [0.1, 0.15) is 22.5 Å². The molecule has 1 N–H and O–H groups in total. The van der Waals surface area contributed by atoms with Crippen LogP contribution in [0.2, 0.25) is 5.02 Å². The monoisotopic (exact) mass is 464 g/mol. The first-order valence-electron chi connectivity index (χ1n) is 7.85. The zero-order valence-electron chi connectivity index (χ0n) is 14.2. The van der Waals surface area contributed by atoms with Gasteiger partial charge in [0.1, 0.15) is 11.4 Å². The zero-order chi connectivity index (χ0) is 18.1. The van der Waals surface area contributed by atoms with Crippen molar-refractivity contribution in [3.63, 3.8) is 0 Å². The van der Waals surface area contributed by atoms with Crippen LogP contribution < -0.4 is 0 Å². The lowest BCUT2D eigenvalue weighted by Gasteiger charge is -2.11. The van der Waals surface area contributed by atoms with Crippen LogP contribution in [-0.2, 0) is 0 Å². The van der Waals surface area contributed by atoms with E-state index in [4.69, 9.17) is 11.6 Å². The molecule has 3 rings (SSSR count). The van der Waals surface area contributed by atoms with Crippen molar-refractivity contribution >= 4 is 46.1 Å². The Labute approximate surface area is 166 Å². The zero-order valence-corrected chi connectivity index (χ0v) is 17.1. The van der Waals surface area contributed by atoms with Gasteiger partial charge in [-0.15, -0.1) is 0 Å². The Balaban J connectivity index is 1.99. The number of benzene rings is 2. The van der Waals surface area contributed by atoms with Gasteiger partial charge in [0.15, 0.2) is 0 Å². The van der Waals surface area contributed by atoms with Crippen LogP contribution in [0.25, 0.3) is 5.69 Å². The lowest BCUT2D eigenvalue weighted by molar-refractivity contribution is 0.477. The van der Waals surface area contributed by atoms with E-state index in [0.29, 0.717) is 10.7 Å². The van der Waals surface area contributed by atoms with Crippen LogP contribution in [-0.4, -0.2) is 15.9 Å². The van der Waals surface area contributed by atoms with Gasteiger partial charge in [-0.3, -0.25) is 4.99 Å². The Bertz CT molecular complexity index is 976. The summed E-state index contributed by atoms with van der Waals surface area (Å²) in [7, 11) is 0. The molecule has 0 aliphatic heterocycles. The van der Waals surface area contributed by atoms with Gasteiger partial charge in [-0.2, -0.15) is 0 Å². The highest BCUT2D eigenvalue weighted by molar-refractivity contribution is 14.1. The Kier molecular flexibility index (Phi) is 5.20. The second kappa shape index (κ2) is 7.22. The van der Waals surface area contributed by atoms with Gasteiger partial charge in [0.25, 0.3) is 0 Å². The van der Waals surface area contributed by atoms with Crippen LogP contribution in [0.3, 0.4) is 0 Å². The molecule has 0 bridgehead atoms. The van der Waals surface area contributed by atoms with Gasteiger partial charge in [-0.1, -0.05) is 11.6 Å². The topological polar surface area (TPSA) is 37.5 Å². The maximum Gasteiger partial charge on any atom is 0.142 e. The standard InChI is InChI=1S/C20H18ClIN2O/c1-12-8-17(5-6-18(12)22)24-13(2)9-15(14(24)3)11-23-19-7-4-16(21)10-20(19)25/h4-11,25H,1-3H3. The number of aliphatic imine (C=N–C) groups is 1.